The maximum absolute atomic E-state index is 12.7. The van der Waals surface area contributed by atoms with Crippen LogP contribution < -0.4 is 0 Å². The fourth-order valence-electron chi connectivity index (χ4n) is 2.58. The van der Waals surface area contributed by atoms with Crippen LogP contribution in [0.2, 0.25) is 0 Å². The van der Waals surface area contributed by atoms with Crippen LogP contribution >= 0.6 is 11.3 Å². The second kappa shape index (κ2) is 5.28. The Hall–Kier alpha value is -1.64. The van der Waals surface area contributed by atoms with Crippen LogP contribution in [0.3, 0.4) is 0 Å². The Bertz CT molecular complexity index is 749. The Labute approximate surface area is 126 Å². The molecule has 0 bridgehead atoms. The molecule has 0 aliphatic carbocycles. The Morgan fingerprint density at radius 1 is 1.38 bits per heavy atom. The molecule has 0 aromatic carbocycles. The van der Waals surface area contributed by atoms with E-state index in [-0.39, 0.29) is 15.1 Å². The third-order valence-electron chi connectivity index (χ3n) is 3.54. The van der Waals surface area contributed by atoms with E-state index in [9.17, 15) is 13.2 Å². The van der Waals surface area contributed by atoms with E-state index in [0.29, 0.717) is 6.54 Å². The van der Waals surface area contributed by atoms with E-state index in [0.717, 1.165) is 29.9 Å². The number of aromatic nitrogens is 1. The minimum atomic E-state index is -3.66. The average molecular weight is 326 g/mol. The number of carboxylic acids is 1. The molecular weight excluding hydrogens is 312 g/mol. The van der Waals surface area contributed by atoms with Crippen molar-refractivity contribution in [1.29, 1.82) is 0 Å². The fraction of sp³-hybridized carbons (Fsp3) is 0.308. The third-order valence-corrected chi connectivity index (χ3v) is 6.99. The van der Waals surface area contributed by atoms with Gasteiger partial charge in [0.05, 0.1) is 6.04 Å². The lowest BCUT2D eigenvalue weighted by atomic mass is 10.2. The molecule has 3 rings (SSSR count). The van der Waals surface area contributed by atoms with E-state index in [1.165, 1.54) is 16.4 Å². The molecule has 3 heterocycles. The number of sulfonamides is 1. The van der Waals surface area contributed by atoms with Gasteiger partial charge in [-0.05, 0) is 37.1 Å². The number of hydrogen-bond donors (Lipinski definition) is 2. The summed E-state index contributed by atoms with van der Waals surface area (Å²) in [5, 5.41) is 8.93. The molecule has 0 spiro atoms. The zero-order valence-electron chi connectivity index (χ0n) is 11.0. The number of H-pyrrole nitrogens is 1. The van der Waals surface area contributed by atoms with E-state index in [4.69, 9.17) is 5.11 Å². The Kier molecular flexibility index (Phi) is 3.60. The van der Waals surface area contributed by atoms with Crippen molar-refractivity contribution in [3.05, 3.63) is 41.0 Å². The first-order chi connectivity index (χ1) is 10.00. The molecule has 1 unspecified atom stereocenters. The highest BCUT2D eigenvalue weighted by Crippen LogP contribution is 2.37. The van der Waals surface area contributed by atoms with Gasteiger partial charge in [0.15, 0.2) is 0 Å². The van der Waals surface area contributed by atoms with Crippen LogP contribution in [0.15, 0.2) is 34.7 Å². The second-order valence-corrected chi connectivity index (χ2v) is 8.02. The predicted molar refractivity (Wildman–Crippen MR) is 77.9 cm³/mol. The van der Waals surface area contributed by atoms with Crippen LogP contribution in [0.4, 0.5) is 0 Å². The highest BCUT2D eigenvalue weighted by Gasteiger charge is 2.37. The normalized spacial score (nSPS) is 19.9. The minimum absolute atomic E-state index is 0.0317. The summed E-state index contributed by atoms with van der Waals surface area (Å²) in [5.74, 6) is -1.11. The second-order valence-electron chi connectivity index (χ2n) is 4.82. The van der Waals surface area contributed by atoms with Crippen molar-refractivity contribution < 1.29 is 18.3 Å². The summed E-state index contributed by atoms with van der Waals surface area (Å²) in [7, 11) is -3.66. The standard InChI is InChI=1S/C13H14N2O4S2/c16-13(17)11-5-6-12(20-11)21(18,19)15-8-2-4-10(15)9-3-1-7-14-9/h1,3,5-7,10,14H,2,4,8H2,(H,16,17). The SMILES string of the molecule is O=C(O)c1ccc(S(=O)(=O)N2CCCC2c2ccc[nH]2)s1. The smallest absolute Gasteiger partial charge is 0.345 e. The van der Waals surface area contributed by atoms with Crippen LogP contribution in [0.5, 0.6) is 0 Å². The first kappa shape index (κ1) is 14.3. The van der Waals surface area contributed by atoms with Crippen molar-refractivity contribution in [3.8, 4) is 0 Å². The van der Waals surface area contributed by atoms with E-state index in [1.54, 1.807) is 6.20 Å². The van der Waals surface area contributed by atoms with Gasteiger partial charge >= 0.3 is 5.97 Å². The van der Waals surface area contributed by atoms with Gasteiger partial charge in [0, 0.05) is 18.4 Å². The third kappa shape index (κ3) is 2.50. The quantitative estimate of drug-likeness (QED) is 0.902. The van der Waals surface area contributed by atoms with Crippen LogP contribution in [-0.4, -0.2) is 35.3 Å². The van der Waals surface area contributed by atoms with E-state index in [1.807, 2.05) is 12.1 Å². The van der Waals surface area contributed by atoms with Gasteiger partial charge in [-0.1, -0.05) is 0 Å². The molecule has 2 N–H and O–H groups in total. The lowest BCUT2D eigenvalue weighted by molar-refractivity contribution is 0.0702. The largest absolute Gasteiger partial charge is 0.477 e. The molecule has 1 fully saturated rings. The van der Waals surface area contributed by atoms with Crippen LogP contribution in [-0.2, 0) is 10.0 Å². The molecule has 21 heavy (non-hydrogen) atoms. The first-order valence-electron chi connectivity index (χ1n) is 6.48. The molecule has 1 aliphatic rings. The zero-order chi connectivity index (χ0) is 15.0. The molecule has 2 aromatic heterocycles. The monoisotopic (exact) mass is 326 g/mol. The van der Waals surface area contributed by atoms with Gasteiger partial charge in [-0.3, -0.25) is 0 Å². The summed E-state index contributed by atoms with van der Waals surface area (Å²) in [5.41, 5.74) is 0.867. The van der Waals surface area contributed by atoms with E-state index < -0.39 is 16.0 Å². The minimum Gasteiger partial charge on any atom is -0.477 e. The van der Waals surface area contributed by atoms with Crippen LogP contribution in [0.1, 0.15) is 34.2 Å². The molecular formula is C13H14N2O4S2. The van der Waals surface area contributed by atoms with Gasteiger partial charge < -0.3 is 10.1 Å². The lowest BCUT2D eigenvalue weighted by Gasteiger charge is -2.22. The summed E-state index contributed by atoms with van der Waals surface area (Å²) < 4.78 is 26.9. The zero-order valence-corrected chi connectivity index (χ0v) is 12.7. The maximum atomic E-state index is 12.7. The van der Waals surface area contributed by atoms with Crippen LogP contribution in [0.25, 0.3) is 0 Å². The highest BCUT2D eigenvalue weighted by atomic mass is 32.2. The predicted octanol–water partition coefficient (Wildman–Crippen LogP) is 2.30. The molecule has 2 aromatic rings. The molecule has 1 saturated heterocycles. The van der Waals surface area contributed by atoms with Gasteiger partial charge in [-0.15, -0.1) is 11.3 Å². The summed E-state index contributed by atoms with van der Waals surface area (Å²) in [4.78, 5) is 14.0. The highest BCUT2D eigenvalue weighted by molar-refractivity contribution is 7.91. The van der Waals surface area contributed by atoms with Crippen molar-refractivity contribution in [2.75, 3.05) is 6.54 Å². The van der Waals surface area contributed by atoms with Crippen molar-refractivity contribution in [1.82, 2.24) is 9.29 Å². The first-order valence-corrected chi connectivity index (χ1v) is 8.74. The topological polar surface area (TPSA) is 90.5 Å². The number of nitrogens with one attached hydrogen (secondary N) is 1. The molecule has 1 aliphatic heterocycles. The number of carbonyl (C=O) groups is 1. The van der Waals surface area contributed by atoms with Gasteiger partial charge in [0.2, 0.25) is 0 Å². The van der Waals surface area contributed by atoms with Crippen molar-refractivity contribution in [2.45, 2.75) is 23.1 Å². The number of aromatic carboxylic acids is 1. The number of hydrogen-bond acceptors (Lipinski definition) is 4. The molecule has 1 atom stereocenters. The number of thiophene rings is 1. The van der Waals surface area contributed by atoms with Gasteiger partial charge in [-0.2, -0.15) is 4.31 Å². The molecule has 0 radical (unpaired) electrons. The van der Waals surface area contributed by atoms with Gasteiger partial charge in [0.25, 0.3) is 10.0 Å². The molecule has 8 heteroatoms. The van der Waals surface area contributed by atoms with Gasteiger partial charge in [0.1, 0.15) is 9.09 Å². The average Bonchev–Trinajstić information content (AvgIpc) is 3.19. The Morgan fingerprint density at radius 3 is 2.81 bits per heavy atom. The van der Waals surface area contributed by atoms with Crippen molar-refractivity contribution in [3.63, 3.8) is 0 Å². The summed E-state index contributed by atoms with van der Waals surface area (Å²) >= 11 is 0.795. The number of aromatic amines is 1. The van der Waals surface area contributed by atoms with Crippen molar-refractivity contribution in [2.24, 2.45) is 0 Å². The van der Waals surface area contributed by atoms with Crippen molar-refractivity contribution >= 4 is 27.3 Å². The Balaban J connectivity index is 1.95. The fourth-order valence-corrected chi connectivity index (χ4v) is 5.53. The number of rotatable bonds is 4. The summed E-state index contributed by atoms with van der Waals surface area (Å²) in [6.45, 7) is 0.451. The van der Waals surface area contributed by atoms with E-state index >= 15 is 0 Å². The maximum Gasteiger partial charge on any atom is 0.345 e. The van der Waals surface area contributed by atoms with Gasteiger partial charge in [-0.25, -0.2) is 13.2 Å². The number of nitrogens with zero attached hydrogens (tertiary/aromatic N) is 1. The molecule has 0 saturated carbocycles. The molecule has 112 valence electrons. The van der Waals surface area contributed by atoms with E-state index in [2.05, 4.69) is 4.98 Å². The molecule has 6 nitrogen and oxygen atoms in total. The summed E-state index contributed by atoms with van der Waals surface area (Å²) in [6.07, 6.45) is 3.32. The lowest BCUT2D eigenvalue weighted by Crippen LogP contribution is -2.30. The summed E-state index contributed by atoms with van der Waals surface area (Å²) in [6, 6.07) is 6.20. The number of carboxylic acid groups (broad SMARTS) is 1. The van der Waals surface area contributed by atoms with Crippen LogP contribution in [0, 0.1) is 0 Å². The Morgan fingerprint density at radius 2 is 2.19 bits per heavy atom. The molecule has 0 amide bonds.